The maximum atomic E-state index is 12.8. The summed E-state index contributed by atoms with van der Waals surface area (Å²) in [4.78, 5) is 31.0. The number of rotatable bonds is 5. The lowest BCUT2D eigenvalue weighted by Crippen LogP contribution is -2.21. The van der Waals surface area contributed by atoms with E-state index in [1.165, 1.54) is 0 Å². The van der Waals surface area contributed by atoms with Gasteiger partial charge in [-0.15, -0.1) is 0 Å². The highest BCUT2D eigenvalue weighted by atomic mass is 16.1. The highest BCUT2D eigenvalue weighted by Crippen LogP contribution is 2.27. The lowest BCUT2D eigenvalue weighted by molar-refractivity contribution is 0.629. The SMILES string of the molecule is CC(C)c1ncccc1-c1ncc2[nH]c(=O)n([C@H](C)c3ccc(-n4nccn4)cc3)c2n1. The van der Waals surface area contributed by atoms with E-state index in [0.29, 0.717) is 17.0 Å². The van der Waals surface area contributed by atoms with Crippen LogP contribution in [0.5, 0.6) is 0 Å². The van der Waals surface area contributed by atoms with Gasteiger partial charge >= 0.3 is 5.69 Å². The second kappa shape index (κ2) is 7.84. The van der Waals surface area contributed by atoms with Crippen LogP contribution in [0, 0.1) is 0 Å². The first-order valence-electron chi connectivity index (χ1n) is 10.4. The molecule has 0 saturated carbocycles. The predicted octanol–water partition coefficient (Wildman–Crippen LogP) is 3.50. The Labute approximate surface area is 183 Å². The number of nitrogens with zero attached hydrogens (tertiary/aromatic N) is 7. The zero-order valence-electron chi connectivity index (χ0n) is 18.0. The van der Waals surface area contributed by atoms with E-state index in [0.717, 1.165) is 22.5 Å². The number of H-pyrrole nitrogens is 1. The van der Waals surface area contributed by atoms with Gasteiger partial charge in [-0.25, -0.2) is 14.8 Å². The minimum absolute atomic E-state index is 0.223. The number of imidazole rings is 1. The molecule has 0 saturated heterocycles. The van der Waals surface area contributed by atoms with Crippen LogP contribution in [0.3, 0.4) is 0 Å². The van der Waals surface area contributed by atoms with Crippen LogP contribution in [-0.2, 0) is 0 Å². The molecule has 0 aliphatic carbocycles. The highest BCUT2D eigenvalue weighted by molar-refractivity contribution is 5.73. The van der Waals surface area contributed by atoms with Crippen molar-refractivity contribution in [1.82, 2.24) is 39.5 Å². The van der Waals surface area contributed by atoms with Gasteiger partial charge in [0.15, 0.2) is 11.5 Å². The number of fused-ring (bicyclic) bond motifs is 1. The van der Waals surface area contributed by atoms with Gasteiger partial charge in [0.25, 0.3) is 0 Å². The van der Waals surface area contributed by atoms with Crippen molar-refractivity contribution in [3.8, 4) is 17.1 Å². The highest BCUT2D eigenvalue weighted by Gasteiger charge is 2.19. The molecule has 1 aromatic carbocycles. The van der Waals surface area contributed by atoms with Crippen LogP contribution in [0.25, 0.3) is 28.2 Å². The fraction of sp³-hybridized carbons (Fsp3) is 0.217. The number of benzene rings is 1. The molecule has 0 fully saturated rings. The number of nitrogens with one attached hydrogen (secondary N) is 1. The molecule has 1 atom stereocenters. The van der Waals surface area contributed by atoms with E-state index in [-0.39, 0.29) is 17.6 Å². The van der Waals surface area contributed by atoms with Crippen LogP contribution >= 0.6 is 0 Å². The molecule has 32 heavy (non-hydrogen) atoms. The van der Waals surface area contributed by atoms with Crippen molar-refractivity contribution in [3.05, 3.63) is 82.9 Å². The number of aromatic amines is 1. The zero-order valence-corrected chi connectivity index (χ0v) is 18.0. The molecule has 0 radical (unpaired) electrons. The third-order valence-corrected chi connectivity index (χ3v) is 5.50. The van der Waals surface area contributed by atoms with E-state index in [1.54, 1.807) is 34.2 Å². The smallest absolute Gasteiger partial charge is 0.303 e. The molecule has 0 spiro atoms. The lowest BCUT2D eigenvalue weighted by Gasteiger charge is -2.15. The van der Waals surface area contributed by atoms with Crippen LogP contribution < -0.4 is 5.69 Å². The second-order valence-corrected chi connectivity index (χ2v) is 7.91. The van der Waals surface area contributed by atoms with Gasteiger partial charge in [0.2, 0.25) is 0 Å². The van der Waals surface area contributed by atoms with Crippen molar-refractivity contribution in [1.29, 1.82) is 0 Å². The quantitative estimate of drug-likeness (QED) is 0.461. The Kier molecular flexibility index (Phi) is 4.85. The van der Waals surface area contributed by atoms with E-state index in [1.807, 2.05) is 43.3 Å². The van der Waals surface area contributed by atoms with Gasteiger partial charge in [-0.2, -0.15) is 15.0 Å². The third kappa shape index (κ3) is 3.37. The average Bonchev–Trinajstić information content (AvgIpc) is 3.46. The molecule has 4 heterocycles. The maximum Gasteiger partial charge on any atom is 0.328 e. The molecular weight excluding hydrogens is 404 g/mol. The largest absolute Gasteiger partial charge is 0.328 e. The van der Waals surface area contributed by atoms with Gasteiger partial charge in [-0.1, -0.05) is 26.0 Å². The average molecular weight is 426 g/mol. The molecule has 0 aliphatic heterocycles. The molecule has 0 unspecified atom stereocenters. The Hall–Kier alpha value is -4.14. The lowest BCUT2D eigenvalue weighted by atomic mass is 10.0. The van der Waals surface area contributed by atoms with Crippen molar-refractivity contribution in [2.45, 2.75) is 32.7 Å². The first-order valence-corrected chi connectivity index (χ1v) is 10.4. The molecule has 0 amide bonds. The number of pyridine rings is 1. The number of aromatic nitrogens is 8. The van der Waals surface area contributed by atoms with Gasteiger partial charge in [0, 0.05) is 11.8 Å². The Morgan fingerprint density at radius 1 is 0.938 bits per heavy atom. The summed E-state index contributed by atoms with van der Waals surface area (Å²) < 4.78 is 1.66. The number of hydrogen-bond donors (Lipinski definition) is 1. The van der Waals surface area contributed by atoms with E-state index in [9.17, 15) is 4.79 Å². The predicted molar refractivity (Wildman–Crippen MR) is 121 cm³/mol. The summed E-state index contributed by atoms with van der Waals surface area (Å²) in [6, 6.07) is 11.4. The summed E-state index contributed by atoms with van der Waals surface area (Å²) in [5, 5.41) is 8.29. The summed E-state index contributed by atoms with van der Waals surface area (Å²) >= 11 is 0. The molecule has 9 nitrogen and oxygen atoms in total. The van der Waals surface area contributed by atoms with Crippen LogP contribution in [-0.4, -0.2) is 39.5 Å². The third-order valence-electron chi connectivity index (χ3n) is 5.50. The fourth-order valence-corrected chi connectivity index (χ4v) is 3.86. The Morgan fingerprint density at radius 3 is 2.41 bits per heavy atom. The Bertz CT molecular complexity index is 1430. The molecule has 5 rings (SSSR count). The fourth-order valence-electron chi connectivity index (χ4n) is 3.86. The summed E-state index contributed by atoms with van der Waals surface area (Å²) in [6.07, 6.45) is 6.69. The molecule has 0 bridgehead atoms. The molecule has 0 aliphatic rings. The van der Waals surface area contributed by atoms with Crippen molar-refractivity contribution >= 4 is 11.2 Å². The van der Waals surface area contributed by atoms with Crippen molar-refractivity contribution in [3.63, 3.8) is 0 Å². The molecule has 160 valence electrons. The van der Waals surface area contributed by atoms with Crippen LogP contribution in [0.4, 0.5) is 0 Å². The molecular formula is C23H22N8O. The first-order chi connectivity index (χ1) is 15.5. The van der Waals surface area contributed by atoms with Crippen LogP contribution in [0.2, 0.25) is 0 Å². The first kappa shape index (κ1) is 19.8. The topological polar surface area (TPSA) is 107 Å². The molecule has 4 aromatic heterocycles. The molecule has 1 N–H and O–H groups in total. The monoisotopic (exact) mass is 426 g/mol. The molecule has 5 aromatic rings. The maximum absolute atomic E-state index is 12.8. The van der Waals surface area contributed by atoms with Crippen LogP contribution in [0.1, 0.15) is 44.0 Å². The van der Waals surface area contributed by atoms with Gasteiger partial charge in [0.05, 0.1) is 36.0 Å². The zero-order chi connectivity index (χ0) is 22.2. The van der Waals surface area contributed by atoms with Crippen molar-refractivity contribution < 1.29 is 0 Å². The van der Waals surface area contributed by atoms with E-state index in [4.69, 9.17) is 4.98 Å². The Balaban J connectivity index is 1.58. The summed E-state index contributed by atoms with van der Waals surface area (Å²) in [6.45, 7) is 6.14. The molecule has 9 heteroatoms. The van der Waals surface area contributed by atoms with Gasteiger partial charge in [0.1, 0.15) is 5.52 Å². The second-order valence-electron chi connectivity index (χ2n) is 7.91. The van der Waals surface area contributed by atoms with Gasteiger partial charge in [-0.3, -0.25) is 9.55 Å². The normalized spacial score (nSPS) is 12.5. The van der Waals surface area contributed by atoms with Gasteiger partial charge < -0.3 is 4.98 Å². The van der Waals surface area contributed by atoms with E-state index < -0.39 is 0 Å². The van der Waals surface area contributed by atoms with Crippen LogP contribution in [0.15, 0.2) is 66.0 Å². The van der Waals surface area contributed by atoms with Crippen molar-refractivity contribution in [2.75, 3.05) is 0 Å². The van der Waals surface area contributed by atoms with Gasteiger partial charge in [-0.05, 0) is 42.7 Å². The van der Waals surface area contributed by atoms with E-state index >= 15 is 0 Å². The summed E-state index contributed by atoms with van der Waals surface area (Å²) in [5.41, 5.74) is 4.53. The summed E-state index contributed by atoms with van der Waals surface area (Å²) in [5.74, 6) is 0.773. The Morgan fingerprint density at radius 2 is 1.69 bits per heavy atom. The minimum atomic E-state index is -0.239. The van der Waals surface area contributed by atoms with Crippen molar-refractivity contribution in [2.24, 2.45) is 0 Å². The van der Waals surface area contributed by atoms with E-state index in [2.05, 4.69) is 39.0 Å². The number of hydrogen-bond acceptors (Lipinski definition) is 6. The minimum Gasteiger partial charge on any atom is -0.303 e. The standard InChI is InChI=1S/C23H22N8O/c1-14(2)20-18(5-4-10-24-20)21-25-13-19-22(29-21)30(23(32)28-19)15(3)16-6-8-17(9-7-16)31-26-11-12-27-31/h4-15H,1-3H3,(H,28,32)/t15-/m1/s1. The summed E-state index contributed by atoms with van der Waals surface area (Å²) in [7, 11) is 0.